The molecule has 0 N–H and O–H groups in total. The fourth-order valence-electron chi connectivity index (χ4n) is 1.72. The maximum Gasteiger partial charge on any atom is 0.194 e. The van der Waals surface area contributed by atoms with Gasteiger partial charge in [0.2, 0.25) is 0 Å². The standard InChI is InChI=1S/C11H11F3O/c1-6-2-7(3-6)15-8-4-9(12)11(14)10(13)5-8/h4-7H,2-3H2,1H3/t6-,7-. The summed E-state index contributed by atoms with van der Waals surface area (Å²) in [7, 11) is 0. The summed E-state index contributed by atoms with van der Waals surface area (Å²) in [5.41, 5.74) is 0. The first-order valence-corrected chi connectivity index (χ1v) is 4.87. The van der Waals surface area contributed by atoms with Gasteiger partial charge >= 0.3 is 0 Å². The number of benzene rings is 1. The summed E-state index contributed by atoms with van der Waals surface area (Å²) >= 11 is 0. The third kappa shape index (κ3) is 2.08. The summed E-state index contributed by atoms with van der Waals surface area (Å²) in [5, 5.41) is 0. The molecule has 1 aromatic carbocycles. The molecule has 0 aliphatic heterocycles. The van der Waals surface area contributed by atoms with Crippen molar-refractivity contribution in [1.82, 2.24) is 0 Å². The highest BCUT2D eigenvalue weighted by atomic mass is 19.2. The Morgan fingerprint density at radius 3 is 2.13 bits per heavy atom. The number of hydrogen-bond acceptors (Lipinski definition) is 1. The first-order valence-electron chi connectivity index (χ1n) is 4.87. The average molecular weight is 216 g/mol. The van der Waals surface area contributed by atoms with E-state index in [0.29, 0.717) is 5.92 Å². The summed E-state index contributed by atoms with van der Waals surface area (Å²) in [4.78, 5) is 0. The van der Waals surface area contributed by atoms with E-state index in [2.05, 4.69) is 6.92 Å². The van der Waals surface area contributed by atoms with Crippen LogP contribution in [0.3, 0.4) is 0 Å². The highest BCUT2D eigenvalue weighted by molar-refractivity contribution is 5.25. The molecule has 15 heavy (non-hydrogen) atoms. The average Bonchev–Trinajstić information content (AvgIpc) is 2.11. The Hall–Kier alpha value is -1.19. The van der Waals surface area contributed by atoms with E-state index in [1.165, 1.54) is 0 Å². The van der Waals surface area contributed by atoms with Crippen molar-refractivity contribution in [3.05, 3.63) is 29.6 Å². The van der Waals surface area contributed by atoms with Crippen LogP contribution in [0.4, 0.5) is 13.2 Å². The van der Waals surface area contributed by atoms with Gasteiger partial charge in [-0.2, -0.15) is 0 Å². The third-order valence-corrected chi connectivity index (χ3v) is 2.59. The van der Waals surface area contributed by atoms with Crippen LogP contribution >= 0.6 is 0 Å². The van der Waals surface area contributed by atoms with Crippen LogP contribution < -0.4 is 4.74 Å². The topological polar surface area (TPSA) is 9.23 Å². The molecule has 1 aliphatic rings. The zero-order chi connectivity index (χ0) is 11.0. The van der Waals surface area contributed by atoms with E-state index in [1.54, 1.807) is 0 Å². The van der Waals surface area contributed by atoms with E-state index in [4.69, 9.17) is 4.74 Å². The Morgan fingerprint density at radius 2 is 1.67 bits per heavy atom. The lowest BCUT2D eigenvalue weighted by Gasteiger charge is -2.32. The molecule has 2 rings (SSSR count). The molecule has 0 radical (unpaired) electrons. The van der Waals surface area contributed by atoms with Crippen LogP contribution in [0, 0.1) is 23.4 Å². The van der Waals surface area contributed by atoms with Gasteiger partial charge < -0.3 is 4.74 Å². The molecule has 82 valence electrons. The Kier molecular flexibility index (Phi) is 2.59. The van der Waals surface area contributed by atoms with E-state index in [1.807, 2.05) is 0 Å². The predicted molar refractivity (Wildman–Crippen MR) is 49.1 cm³/mol. The van der Waals surface area contributed by atoms with Gasteiger partial charge in [0.25, 0.3) is 0 Å². The lowest BCUT2D eigenvalue weighted by molar-refractivity contribution is 0.0730. The summed E-state index contributed by atoms with van der Waals surface area (Å²) in [6.07, 6.45) is 1.76. The summed E-state index contributed by atoms with van der Waals surface area (Å²) in [6.45, 7) is 2.08. The van der Waals surface area contributed by atoms with E-state index in [9.17, 15) is 13.2 Å². The highest BCUT2D eigenvalue weighted by Crippen LogP contribution is 2.31. The zero-order valence-electron chi connectivity index (χ0n) is 8.27. The number of halogens is 3. The van der Waals surface area contributed by atoms with Crippen LogP contribution in [0.15, 0.2) is 12.1 Å². The van der Waals surface area contributed by atoms with Crippen LogP contribution in [-0.2, 0) is 0 Å². The maximum atomic E-state index is 12.8. The van der Waals surface area contributed by atoms with E-state index < -0.39 is 17.5 Å². The van der Waals surface area contributed by atoms with Gasteiger partial charge in [0, 0.05) is 12.1 Å². The van der Waals surface area contributed by atoms with Gasteiger partial charge in [0.15, 0.2) is 17.5 Å². The van der Waals surface area contributed by atoms with Crippen molar-refractivity contribution in [2.45, 2.75) is 25.9 Å². The molecular formula is C11H11F3O. The number of ether oxygens (including phenoxy) is 1. The molecule has 0 unspecified atom stereocenters. The van der Waals surface area contributed by atoms with Crippen LogP contribution in [0.25, 0.3) is 0 Å². The SMILES string of the molecule is C[C@H]1C[C@H](Oc2cc(F)c(F)c(F)c2)C1. The summed E-state index contributed by atoms with van der Waals surface area (Å²) in [5.74, 6) is -3.23. The summed E-state index contributed by atoms with van der Waals surface area (Å²) < 4.78 is 43.5. The van der Waals surface area contributed by atoms with Crippen LogP contribution in [0.1, 0.15) is 19.8 Å². The molecule has 1 nitrogen and oxygen atoms in total. The molecule has 0 amide bonds. The molecule has 0 aromatic heterocycles. The Bertz CT molecular complexity index is 349. The first-order chi connectivity index (χ1) is 7.06. The second-order valence-corrected chi connectivity index (χ2v) is 4.02. The largest absolute Gasteiger partial charge is 0.490 e. The molecule has 1 aromatic rings. The molecule has 0 spiro atoms. The smallest absolute Gasteiger partial charge is 0.194 e. The molecule has 0 heterocycles. The van der Waals surface area contributed by atoms with Gasteiger partial charge in [-0.25, -0.2) is 13.2 Å². The quantitative estimate of drug-likeness (QED) is 0.689. The Labute approximate surface area is 85.9 Å². The van der Waals surface area contributed by atoms with Crippen molar-refractivity contribution in [1.29, 1.82) is 0 Å². The first kappa shape index (κ1) is 10.3. The molecule has 4 heteroatoms. The molecular weight excluding hydrogens is 205 g/mol. The maximum absolute atomic E-state index is 12.8. The van der Waals surface area contributed by atoms with Crippen molar-refractivity contribution in [2.24, 2.45) is 5.92 Å². The van der Waals surface area contributed by atoms with Gasteiger partial charge in [0.1, 0.15) is 5.75 Å². The Balaban J connectivity index is 2.09. The predicted octanol–water partition coefficient (Wildman–Crippen LogP) is 3.28. The van der Waals surface area contributed by atoms with Crippen LogP contribution in [0.2, 0.25) is 0 Å². The monoisotopic (exact) mass is 216 g/mol. The molecule has 0 bridgehead atoms. The van der Waals surface area contributed by atoms with Gasteiger partial charge in [-0.15, -0.1) is 0 Å². The van der Waals surface area contributed by atoms with E-state index >= 15 is 0 Å². The van der Waals surface area contributed by atoms with Crippen LogP contribution in [-0.4, -0.2) is 6.10 Å². The molecule has 0 atom stereocenters. The molecule has 1 aliphatic carbocycles. The molecule has 1 saturated carbocycles. The van der Waals surface area contributed by atoms with Crippen molar-refractivity contribution >= 4 is 0 Å². The summed E-state index contributed by atoms with van der Waals surface area (Å²) in [6, 6.07) is 1.75. The van der Waals surface area contributed by atoms with Gasteiger partial charge in [-0.05, 0) is 18.8 Å². The second kappa shape index (κ2) is 3.76. The van der Waals surface area contributed by atoms with Crippen molar-refractivity contribution in [2.75, 3.05) is 0 Å². The van der Waals surface area contributed by atoms with Crippen molar-refractivity contribution < 1.29 is 17.9 Å². The van der Waals surface area contributed by atoms with Crippen LogP contribution in [0.5, 0.6) is 5.75 Å². The lowest BCUT2D eigenvalue weighted by atomic mass is 9.84. The van der Waals surface area contributed by atoms with Crippen molar-refractivity contribution in [3.8, 4) is 5.75 Å². The van der Waals surface area contributed by atoms with Crippen molar-refractivity contribution in [3.63, 3.8) is 0 Å². The Morgan fingerprint density at radius 1 is 1.13 bits per heavy atom. The fraction of sp³-hybridized carbons (Fsp3) is 0.455. The zero-order valence-corrected chi connectivity index (χ0v) is 8.27. The number of rotatable bonds is 2. The minimum absolute atomic E-state index is 0.00395. The highest BCUT2D eigenvalue weighted by Gasteiger charge is 2.27. The minimum atomic E-state index is -1.45. The second-order valence-electron chi connectivity index (χ2n) is 4.02. The van der Waals surface area contributed by atoms with E-state index in [-0.39, 0.29) is 11.9 Å². The lowest BCUT2D eigenvalue weighted by Crippen LogP contribution is -2.31. The van der Waals surface area contributed by atoms with Gasteiger partial charge in [-0.1, -0.05) is 6.92 Å². The molecule has 1 fully saturated rings. The normalized spacial score (nSPS) is 24.8. The number of hydrogen-bond donors (Lipinski definition) is 0. The van der Waals surface area contributed by atoms with Gasteiger partial charge in [-0.3, -0.25) is 0 Å². The van der Waals surface area contributed by atoms with Gasteiger partial charge in [0.05, 0.1) is 6.10 Å². The third-order valence-electron chi connectivity index (χ3n) is 2.59. The van der Waals surface area contributed by atoms with E-state index in [0.717, 1.165) is 25.0 Å². The fourth-order valence-corrected chi connectivity index (χ4v) is 1.72. The molecule has 0 saturated heterocycles. The minimum Gasteiger partial charge on any atom is -0.490 e.